The van der Waals surface area contributed by atoms with Gasteiger partial charge in [0.1, 0.15) is 0 Å². The summed E-state index contributed by atoms with van der Waals surface area (Å²) in [5.74, 6) is -1.28. The van der Waals surface area contributed by atoms with Crippen LogP contribution in [0.1, 0.15) is 5.56 Å². The fraction of sp³-hybridized carbons (Fsp3) is 0. The Morgan fingerprint density at radius 2 is 1.87 bits per heavy atom. The van der Waals surface area contributed by atoms with Crippen LogP contribution in [0.15, 0.2) is 49.2 Å². The molecule has 0 unspecified atom stereocenters. The molecule has 0 atom stereocenters. The van der Waals surface area contributed by atoms with Gasteiger partial charge in [-0.1, -0.05) is 43.0 Å². The molecule has 1 rings (SSSR count). The van der Waals surface area contributed by atoms with Crippen molar-refractivity contribution in [1.29, 1.82) is 0 Å². The lowest BCUT2D eigenvalue weighted by atomic mass is 10.2. The number of benzene rings is 1. The molecule has 0 fully saturated rings. The second-order valence-corrected chi connectivity index (χ2v) is 2.79. The van der Waals surface area contributed by atoms with Gasteiger partial charge >= 0.3 is 0 Å². The molecule has 0 saturated carbocycles. The van der Waals surface area contributed by atoms with Gasteiger partial charge in [0.2, 0.25) is 5.78 Å². The van der Waals surface area contributed by atoms with Gasteiger partial charge in [-0.15, -0.1) is 0 Å². The molecule has 0 heterocycles. The summed E-state index contributed by atoms with van der Waals surface area (Å²) in [4.78, 5) is 22.1. The van der Waals surface area contributed by atoms with Gasteiger partial charge in [0.15, 0.2) is 0 Å². The highest BCUT2D eigenvalue weighted by atomic mass is 16.2. The maximum atomic E-state index is 11.2. The summed E-state index contributed by atoms with van der Waals surface area (Å²) in [5.41, 5.74) is 0.872. The molecule has 76 valence electrons. The van der Waals surface area contributed by atoms with Crippen molar-refractivity contribution >= 4 is 17.8 Å². The van der Waals surface area contributed by atoms with Crippen LogP contribution in [0.5, 0.6) is 0 Å². The van der Waals surface area contributed by atoms with Crippen LogP contribution in [0, 0.1) is 0 Å². The van der Waals surface area contributed by atoms with Gasteiger partial charge in [0, 0.05) is 0 Å². The van der Waals surface area contributed by atoms with Gasteiger partial charge < -0.3 is 5.32 Å². The van der Waals surface area contributed by atoms with Gasteiger partial charge in [-0.05, 0) is 17.8 Å². The van der Waals surface area contributed by atoms with Crippen molar-refractivity contribution in [3.05, 3.63) is 54.8 Å². The standard InChI is InChI=1S/C12H11NO2/c1-2-13-12(15)11(14)9-8-10-6-4-3-5-7-10/h2-9H,1H2,(H,13,15). The van der Waals surface area contributed by atoms with Gasteiger partial charge in [0.05, 0.1) is 0 Å². The Morgan fingerprint density at radius 3 is 2.47 bits per heavy atom. The van der Waals surface area contributed by atoms with Crippen molar-refractivity contribution in [3.8, 4) is 0 Å². The largest absolute Gasteiger partial charge is 0.326 e. The fourth-order valence-electron chi connectivity index (χ4n) is 0.976. The first-order valence-electron chi connectivity index (χ1n) is 4.43. The first-order valence-corrected chi connectivity index (χ1v) is 4.43. The van der Waals surface area contributed by atoms with E-state index < -0.39 is 11.7 Å². The molecule has 3 heteroatoms. The zero-order valence-electron chi connectivity index (χ0n) is 8.14. The van der Waals surface area contributed by atoms with Crippen LogP contribution in [-0.4, -0.2) is 11.7 Å². The van der Waals surface area contributed by atoms with E-state index in [4.69, 9.17) is 0 Å². The third kappa shape index (κ3) is 3.60. The van der Waals surface area contributed by atoms with Crippen molar-refractivity contribution in [1.82, 2.24) is 5.32 Å². The Hall–Kier alpha value is -2.16. The summed E-state index contributed by atoms with van der Waals surface area (Å²) < 4.78 is 0. The normalized spacial score (nSPS) is 9.87. The second kappa shape index (κ2) is 5.54. The molecule has 1 N–H and O–H groups in total. The Labute approximate surface area is 88.1 Å². The molecule has 0 aliphatic heterocycles. The minimum atomic E-state index is -0.683. The summed E-state index contributed by atoms with van der Waals surface area (Å²) in [7, 11) is 0. The molecule has 1 aromatic carbocycles. The molecule has 1 amide bonds. The summed E-state index contributed by atoms with van der Waals surface area (Å²) >= 11 is 0. The summed E-state index contributed by atoms with van der Waals surface area (Å²) in [5, 5.41) is 2.21. The van der Waals surface area contributed by atoms with E-state index >= 15 is 0 Å². The highest BCUT2D eigenvalue weighted by Gasteiger charge is 2.06. The Balaban J connectivity index is 2.62. The van der Waals surface area contributed by atoms with Gasteiger partial charge in [-0.25, -0.2) is 0 Å². The van der Waals surface area contributed by atoms with Crippen molar-refractivity contribution in [3.63, 3.8) is 0 Å². The van der Waals surface area contributed by atoms with E-state index in [0.29, 0.717) is 0 Å². The highest BCUT2D eigenvalue weighted by Crippen LogP contribution is 2.00. The number of rotatable bonds is 4. The van der Waals surface area contributed by atoms with E-state index in [-0.39, 0.29) is 0 Å². The Kier molecular flexibility index (Phi) is 4.04. The molecule has 0 aliphatic carbocycles. The smallest absolute Gasteiger partial charge is 0.295 e. The molecule has 0 spiro atoms. The number of hydrogen-bond donors (Lipinski definition) is 1. The molecular formula is C12H11NO2. The van der Waals surface area contributed by atoms with Crippen molar-refractivity contribution < 1.29 is 9.59 Å². The van der Waals surface area contributed by atoms with E-state index in [1.165, 1.54) is 12.3 Å². The van der Waals surface area contributed by atoms with Crippen LogP contribution in [0.25, 0.3) is 6.08 Å². The van der Waals surface area contributed by atoms with Crippen molar-refractivity contribution in [2.75, 3.05) is 0 Å². The van der Waals surface area contributed by atoms with Crippen LogP contribution >= 0.6 is 0 Å². The lowest BCUT2D eigenvalue weighted by Crippen LogP contribution is -2.24. The van der Waals surface area contributed by atoms with Crippen molar-refractivity contribution in [2.45, 2.75) is 0 Å². The number of amides is 1. The first kappa shape index (κ1) is 10.9. The molecule has 3 nitrogen and oxygen atoms in total. The third-order valence-electron chi connectivity index (χ3n) is 1.68. The summed E-state index contributed by atoms with van der Waals surface area (Å²) in [6, 6.07) is 9.27. The predicted octanol–water partition coefficient (Wildman–Crippen LogP) is 1.53. The van der Waals surface area contributed by atoms with Gasteiger partial charge in [-0.2, -0.15) is 0 Å². The van der Waals surface area contributed by atoms with Crippen LogP contribution in [-0.2, 0) is 9.59 Å². The lowest BCUT2D eigenvalue weighted by Gasteiger charge is -1.93. The zero-order valence-corrected chi connectivity index (χ0v) is 8.14. The molecule has 1 aromatic rings. The maximum Gasteiger partial charge on any atom is 0.295 e. The number of carbonyl (C=O) groups excluding carboxylic acids is 2. The maximum absolute atomic E-state index is 11.2. The number of ketones is 1. The Bertz CT molecular complexity index is 393. The lowest BCUT2D eigenvalue weighted by molar-refractivity contribution is -0.134. The minimum Gasteiger partial charge on any atom is -0.326 e. The number of carbonyl (C=O) groups is 2. The van der Waals surface area contributed by atoms with Gasteiger partial charge in [-0.3, -0.25) is 9.59 Å². The van der Waals surface area contributed by atoms with Crippen LogP contribution in [0.3, 0.4) is 0 Å². The monoisotopic (exact) mass is 201 g/mol. The Morgan fingerprint density at radius 1 is 1.20 bits per heavy atom. The minimum absolute atomic E-state index is 0.598. The van der Waals surface area contributed by atoms with E-state index in [1.807, 2.05) is 30.3 Å². The summed E-state index contributed by atoms with van der Waals surface area (Å²) in [6.45, 7) is 3.29. The molecule has 0 bridgehead atoms. The van der Waals surface area contributed by atoms with Crippen LogP contribution in [0.2, 0.25) is 0 Å². The topological polar surface area (TPSA) is 46.2 Å². The quantitative estimate of drug-likeness (QED) is 0.593. The SMILES string of the molecule is C=CNC(=O)C(=O)C=Cc1ccccc1. The predicted molar refractivity (Wildman–Crippen MR) is 58.8 cm³/mol. The van der Waals surface area contributed by atoms with Gasteiger partial charge in [0.25, 0.3) is 5.91 Å². The molecular weight excluding hydrogens is 190 g/mol. The first-order chi connectivity index (χ1) is 7.24. The average Bonchev–Trinajstić information content (AvgIpc) is 2.27. The highest BCUT2D eigenvalue weighted by molar-refractivity contribution is 6.41. The molecule has 0 saturated heterocycles. The second-order valence-electron chi connectivity index (χ2n) is 2.79. The number of nitrogens with one attached hydrogen (secondary N) is 1. The van der Waals surface area contributed by atoms with E-state index in [0.717, 1.165) is 5.56 Å². The van der Waals surface area contributed by atoms with Crippen molar-refractivity contribution in [2.24, 2.45) is 0 Å². The van der Waals surface area contributed by atoms with Crippen LogP contribution < -0.4 is 5.32 Å². The molecule has 0 radical (unpaired) electrons. The van der Waals surface area contributed by atoms with E-state index in [1.54, 1.807) is 6.08 Å². The zero-order chi connectivity index (χ0) is 11.1. The van der Waals surface area contributed by atoms with Crippen LogP contribution in [0.4, 0.5) is 0 Å². The van der Waals surface area contributed by atoms with E-state index in [9.17, 15) is 9.59 Å². The fourth-order valence-corrected chi connectivity index (χ4v) is 0.976. The number of hydrogen-bond acceptors (Lipinski definition) is 2. The third-order valence-corrected chi connectivity index (χ3v) is 1.68. The molecule has 15 heavy (non-hydrogen) atoms. The molecule has 0 aliphatic rings. The average molecular weight is 201 g/mol. The summed E-state index contributed by atoms with van der Waals surface area (Å²) in [6.07, 6.45) is 4.00. The van der Waals surface area contributed by atoms with E-state index in [2.05, 4.69) is 11.9 Å². The molecule has 0 aromatic heterocycles.